The van der Waals surface area contributed by atoms with E-state index in [1.54, 1.807) is 4.90 Å². The zero-order chi connectivity index (χ0) is 9.68. The lowest BCUT2D eigenvalue weighted by Crippen LogP contribution is -2.45. The number of ether oxygens (including phenoxy) is 1. The molecule has 76 valence electrons. The number of hydrogen-bond donors (Lipinski definition) is 1. The molecule has 4 heteroatoms. The fourth-order valence-corrected chi connectivity index (χ4v) is 1.77. The van der Waals surface area contributed by atoms with Crippen LogP contribution in [-0.4, -0.2) is 43.8 Å². The van der Waals surface area contributed by atoms with Crippen LogP contribution < -0.4 is 5.32 Å². The number of methoxy groups -OCH3 is 1. The highest BCUT2D eigenvalue weighted by Crippen LogP contribution is 2.12. The maximum absolute atomic E-state index is 11.3. The van der Waals surface area contributed by atoms with Gasteiger partial charge in [0.2, 0.25) is 0 Å². The van der Waals surface area contributed by atoms with E-state index in [2.05, 4.69) is 5.32 Å². The standard InChI is InChI=1S/C9H18N2O2/c1-3-11(9(12)13-2)8-4-6-10-7-5-8/h8,10H,3-7H2,1-2H3. The Kier molecular flexibility index (Phi) is 4.02. The van der Waals surface area contributed by atoms with E-state index in [0.29, 0.717) is 6.04 Å². The van der Waals surface area contributed by atoms with Gasteiger partial charge in [0.1, 0.15) is 0 Å². The van der Waals surface area contributed by atoms with Crippen LogP contribution in [-0.2, 0) is 4.74 Å². The van der Waals surface area contributed by atoms with Gasteiger partial charge < -0.3 is 15.0 Å². The van der Waals surface area contributed by atoms with Crippen molar-refractivity contribution in [2.45, 2.75) is 25.8 Å². The molecule has 1 saturated heterocycles. The number of carbonyl (C=O) groups excluding carboxylic acids is 1. The summed E-state index contributed by atoms with van der Waals surface area (Å²) in [4.78, 5) is 13.1. The first-order valence-electron chi connectivity index (χ1n) is 4.85. The van der Waals surface area contributed by atoms with Gasteiger partial charge in [0.15, 0.2) is 0 Å². The molecule has 0 bridgehead atoms. The predicted molar refractivity (Wildman–Crippen MR) is 50.7 cm³/mol. The summed E-state index contributed by atoms with van der Waals surface area (Å²) < 4.78 is 4.72. The fourth-order valence-electron chi connectivity index (χ4n) is 1.77. The fraction of sp³-hybridized carbons (Fsp3) is 0.889. The molecular formula is C9H18N2O2. The van der Waals surface area contributed by atoms with Crippen LogP contribution in [0.5, 0.6) is 0 Å². The average molecular weight is 186 g/mol. The molecule has 1 aliphatic rings. The summed E-state index contributed by atoms with van der Waals surface area (Å²) >= 11 is 0. The van der Waals surface area contributed by atoms with Crippen molar-refractivity contribution in [2.24, 2.45) is 0 Å². The van der Waals surface area contributed by atoms with E-state index in [4.69, 9.17) is 4.74 Å². The number of piperidine rings is 1. The smallest absolute Gasteiger partial charge is 0.409 e. The molecule has 0 aromatic carbocycles. The van der Waals surface area contributed by atoms with Crippen LogP contribution in [0.3, 0.4) is 0 Å². The van der Waals surface area contributed by atoms with E-state index in [0.717, 1.165) is 32.5 Å². The summed E-state index contributed by atoms with van der Waals surface area (Å²) in [5.41, 5.74) is 0. The second-order valence-electron chi connectivity index (χ2n) is 3.24. The first kappa shape index (κ1) is 10.3. The molecule has 1 fully saturated rings. The SMILES string of the molecule is CCN(C(=O)OC)C1CCNCC1. The van der Waals surface area contributed by atoms with Gasteiger partial charge in [-0.05, 0) is 32.9 Å². The topological polar surface area (TPSA) is 41.6 Å². The van der Waals surface area contributed by atoms with Gasteiger partial charge in [0.05, 0.1) is 7.11 Å². The van der Waals surface area contributed by atoms with Crippen molar-refractivity contribution in [3.63, 3.8) is 0 Å². The molecule has 0 spiro atoms. The lowest BCUT2D eigenvalue weighted by Gasteiger charge is -2.32. The van der Waals surface area contributed by atoms with Gasteiger partial charge in [-0.1, -0.05) is 0 Å². The highest BCUT2D eigenvalue weighted by molar-refractivity contribution is 5.67. The predicted octanol–water partition coefficient (Wildman–Crippen LogP) is 0.827. The molecule has 13 heavy (non-hydrogen) atoms. The second-order valence-corrected chi connectivity index (χ2v) is 3.24. The third-order valence-corrected chi connectivity index (χ3v) is 2.50. The van der Waals surface area contributed by atoms with Gasteiger partial charge >= 0.3 is 6.09 Å². The molecule has 1 amide bonds. The molecule has 1 aliphatic heterocycles. The van der Waals surface area contributed by atoms with E-state index in [-0.39, 0.29) is 6.09 Å². The number of rotatable bonds is 2. The van der Waals surface area contributed by atoms with Crippen molar-refractivity contribution in [3.8, 4) is 0 Å². The Labute approximate surface area is 79.2 Å². The summed E-state index contributed by atoms with van der Waals surface area (Å²) in [5.74, 6) is 0. The van der Waals surface area contributed by atoms with E-state index >= 15 is 0 Å². The Balaban J connectivity index is 2.48. The highest BCUT2D eigenvalue weighted by Gasteiger charge is 2.23. The van der Waals surface area contributed by atoms with Crippen molar-refractivity contribution in [1.82, 2.24) is 10.2 Å². The lowest BCUT2D eigenvalue weighted by molar-refractivity contribution is 0.0987. The zero-order valence-corrected chi connectivity index (χ0v) is 8.38. The minimum absolute atomic E-state index is 0.200. The maximum Gasteiger partial charge on any atom is 0.409 e. The van der Waals surface area contributed by atoms with Crippen LogP contribution >= 0.6 is 0 Å². The Morgan fingerprint density at radius 2 is 2.15 bits per heavy atom. The quantitative estimate of drug-likeness (QED) is 0.694. The van der Waals surface area contributed by atoms with Crippen LogP contribution in [0.1, 0.15) is 19.8 Å². The van der Waals surface area contributed by atoms with Gasteiger partial charge in [-0.25, -0.2) is 4.79 Å². The summed E-state index contributed by atoms with van der Waals surface area (Å²) in [6, 6.07) is 0.360. The first-order chi connectivity index (χ1) is 6.29. The number of carbonyl (C=O) groups is 1. The molecule has 0 unspecified atom stereocenters. The Morgan fingerprint density at radius 3 is 2.62 bits per heavy atom. The van der Waals surface area contributed by atoms with E-state index in [1.807, 2.05) is 6.92 Å². The van der Waals surface area contributed by atoms with Crippen LogP contribution in [0.15, 0.2) is 0 Å². The summed E-state index contributed by atoms with van der Waals surface area (Å²) in [5, 5.41) is 3.27. The second kappa shape index (κ2) is 5.07. The zero-order valence-electron chi connectivity index (χ0n) is 8.38. The van der Waals surface area contributed by atoms with Crippen molar-refractivity contribution < 1.29 is 9.53 Å². The average Bonchev–Trinajstić information content (AvgIpc) is 2.20. The van der Waals surface area contributed by atoms with Gasteiger partial charge in [0, 0.05) is 12.6 Å². The first-order valence-corrected chi connectivity index (χ1v) is 4.85. The Bertz CT molecular complexity index is 167. The van der Waals surface area contributed by atoms with Crippen LogP contribution in [0.25, 0.3) is 0 Å². The highest BCUT2D eigenvalue weighted by atomic mass is 16.5. The van der Waals surface area contributed by atoms with Crippen molar-refractivity contribution in [3.05, 3.63) is 0 Å². The normalized spacial score (nSPS) is 18.3. The summed E-state index contributed by atoms with van der Waals surface area (Å²) in [6.07, 6.45) is 1.86. The number of nitrogens with zero attached hydrogens (tertiary/aromatic N) is 1. The van der Waals surface area contributed by atoms with E-state index < -0.39 is 0 Å². The molecule has 4 nitrogen and oxygen atoms in total. The Morgan fingerprint density at radius 1 is 1.54 bits per heavy atom. The number of nitrogens with one attached hydrogen (secondary N) is 1. The van der Waals surface area contributed by atoms with Gasteiger partial charge in [-0.3, -0.25) is 0 Å². The molecule has 0 aromatic heterocycles. The molecule has 0 saturated carbocycles. The Hall–Kier alpha value is -0.770. The summed E-state index contributed by atoms with van der Waals surface area (Å²) in [7, 11) is 1.44. The maximum atomic E-state index is 11.3. The molecule has 1 rings (SSSR count). The molecular weight excluding hydrogens is 168 g/mol. The molecule has 1 N–H and O–H groups in total. The summed E-state index contributed by atoms with van der Waals surface area (Å²) in [6.45, 7) is 4.71. The van der Waals surface area contributed by atoms with Crippen LogP contribution in [0.4, 0.5) is 4.79 Å². The minimum Gasteiger partial charge on any atom is -0.453 e. The molecule has 0 aromatic rings. The number of hydrogen-bond acceptors (Lipinski definition) is 3. The minimum atomic E-state index is -0.200. The van der Waals surface area contributed by atoms with Gasteiger partial charge in [-0.2, -0.15) is 0 Å². The van der Waals surface area contributed by atoms with Crippen molar-refractivity contribution >= 4 is 6.09 Å². The van der Waals surface area contributed by atoms with Gasteiger partial charge in [0.25, 0.3) is 0 Å². The molecule has 1 heterocycles. The van der Waals surface area contributed by atoms with E-state index in [9.17, 15) is 4.79 Å². The molecule has 0 atom stereocenters. The van der Waals surface area contributed by atoms with Crippen LogP contribution in [0, 0.1) is 0 Å². The largest absolute Gasteiger partial charge is 0.453 e. The lowest BCUT2D eigenvalue weighted by atomic mass is 10.1. The molecule has 0 radical (unpaired) electrons. The number of amides is 1. The monoisotopic (exact) mass is 186 g/mol. The third kappa shape index (κ3) is 2.59. The van der Waals surface area contributed by atoms with Crippen LogP contribution in [0.2, 0.25) is 0 Å². The van der Waals surface area contributed by atoms with Crippen molar-refractivity contribution in [1.29, 1.82) is 0 Å². The van der Waals surface area contributed by atoms with E-state index in [1.165, 1.54) is 7.11 Å². The van der Waals surface area contributed by atoms with Gasteiger partial charge in [-0.15, -0.1) is 0 Å². The van der Waals surface area contributed by atoms with Crippen molar-refractivity contribution in [2.75, 3.05) is 26.7 Å². The third-order valence-electron chi connectivity index (χ3n) is 2.50. The molecule has 0 aliphatic carbocycles.